The van der Waals surface area contributed by atoms with Crippen molar-refractivity contribution in [3.63, 3.8) is 0 Å². The van der Waals surface area contributed by atoms with Crippen LogP contribution in [0.1, 0.15) is 24.8 Å². The standard InChI is InChI=1S/C20H28N6O2/c1-15-2-4-17(5-3-15)20-22-24-26(23-20)13-19(27)21-18-6-9-25(10-7-18)12-16-8-11-28-14-16/h2-5,16,18H,6-14H2,1H3,(H,21,27). The van der Waals surface area contributed by atoms with Crippen LogP contribution in [0.5, 0.6) is 0 Å². The molecule has 0 aliphatic carbocycles. The van der Waals surface area contributed by atoms with E-state index in [1.54, 1.807) is 0 Å². The molecule has 0 bridgehead atoms. The number of benzene rings is 1. The van der Waals surface area contributed by atoms with Crippen LogP contribution < -0.4 is 5.32 Å². The Kier molecular flexibility index (Phi) is 5.97. The molecule has 0 saturated carbocycles. The maximum atomic E-state index is 12.4. The Hall–Kier alpha value is -2.32. The van der Waals surface area contributed by atoms with E-state index in [1.165, 1.54) is 16.8 Å². The van der Waals surface area contributed by atoms with Crippen LogP contribution in [0.3, 0.4) is 0 Å². The van der Waals surface area contributed by atoms with Gasteiger partial charge in [-0.1, -0.05) is 29.8 Å². The van der Waals surface area contributed by atoms with Crippen molar-refractivity contribution in [1.29, 1.82) is 0 Å². The molecule has 150 valence electrons. The summed E-state index contributed by atoms with van der Waals surface area (Å²) in [5.74, 6) is 1.15. The highest BCUT2D eigenvalue weighted by atomic mass is 16.5. The summed E-state index contributed by atoms with van der Waals surface area (Å²) in [6.45, 7) is 7.10. The molecule has 2 fully saturated rings. The number of ether oxygens (including phenoxy) is 1. The number of likely N-dealkylation sites (tertiary alicyclic amines) is 1. The SMILES string of the molecule is Cc1ccc(-c2nnn(CC(=O)NC3CCN(CC4CCOC4)CC3)n2)cc1. The smallest absolute Gasteiger partial charge is 0.243 e. The van der Waals surface area contributed by atoms with Crippen molar-refractivity contribution >= 4 is 5.91 Å². The van der Waals surface area contributed by atoms with E-state index in [4.69, 9.17) is 4.74 Å². The highest BCUT2D eigenvalue weighted by Gasteiger charge is 2.24. The summed E-state index contributed by atoms with van der Waals surface area (Å²) in [5.41, 5.74) is 2.08. The average molecular weight is 384 g/mol. The molecular formula is C20H28N6O2. The summed E-state index contributed by atoms with van der Waals surface area (Å²) in [5, 5.41) is 15.5. The number of amides is 1. The number of nitrogens with zero attached hydrogens (tertiary/aromatic N) is 5. The third-order valence-electron chi connectivity index (χ3n) is 5.54. The van der Waals surface area contributed by atoms with Gasteiger partial charge in [-0.3, -0.25) is 4.79 Å². The van der Waals surface area contributed by atoms with Gasteiger partial charge in [0.2, 0.25) is 11.7 Å². The van der Waals surface area contributed by atoms with Gasteiger partial charge in [-0.25, -0.2) is 0 Å². The van der Waals surface area contributed by atoms with Crippen LogP contribution >= 0.6 is 0 Å². The summed E-state index contributed by atoms with van der Waals surface area (Å²) in [6.07, 6.45) is 3.14. The quantitative estimate of drug-likeness (QED) is 0.807. The number of piperidine rings is 1. The predicted molar refractivity (Wildman–Crippen MR) is 105 cm³/mol. The van der Waals surface area contributed by atoms with Gasteiger partial charge in [-0.15, -0.1) is 10.2 Å². The largest absolute Gasteiger partial charge is 0.381 e. The second-order valence-corrected chi connectivity index (χ2v) is 7.88. The third-order valence-corrected chi connectivity index (χ3v) is 5.54. The van der Waals surface area contributed by atoms with Crippen molar-refractivity contribution in [2.24, 2.45) is 5.92 Å². The third kappa shape index (κ3) is 4.94. The molecule has 1 atom stereocenters. The lowest BCUT2D eigenvalue weighted by Crippen LogP contribution is -2.46. The molecule has 2 saturated heterocycles. The van der Waals surface area contributed by atoms with E-state index in [-0.39, 0.29) is 18.5 Å². The molecule has 8 heteroatoms. The summed E-state index contributed by atoms with van der Waals surface area (Å²) in [7, 11) is 0. The predicted octanol–water partition coefficient (Wildman–Crippen LogP) is 1.27. The first-order valence-electron chi connectivity index (χ1n) is 10.1. The van der Waals surface area contributed by atoms with Crippen molar-refractivity contribution in [2.45, 2.75) is 38.8 Å². The zero-order valence-corrected chi connectivity index (χ0v) is 16.4. The fourth-order valence-electron chi connectivity index (χ4n) is 3.88. The molecule has 2 aliphatic heterocycles. The number of aryl methyl sites for hydroxylation is 1. The molecule has 4 rings (SSSR count). The molecule has 0 spiro atoms. The molecule has 1 amide bonds. The van der Waals surface area contributed by atoms with Crippen LogP contribution in [0.4, 0.5) is 0 Å². The number of carbonyl (C=O) groups excluding carboxylic acids is 1. The van der Waals surface area contributed by atoms with Crippen molar-refractivity contribution in [1.82, 2.24) is 30.4 Å². The van der Waals surface area contributed by atoms with Crippen LogP contribution in [0, 0.1) is 12.8 Å². The van der Waals surface area contributed by atoms with Gasteiger partial charge in [0, 0.05) is 37.8 Å². The number of carbonyl (C=O) groups is 1. The first kappa shape index (κ1) is 19.0. The highest BCUT2D eigenvalue weighted by molar-refractivity contribution is 5.75. The molecule has 1 aromatic heterocycles. The van der Waals surface area contributed by atoms with E-state index in [2.05, 4.69) is 25.6 Å². The lowest BCUT2D eigenvalue weighted by molar-refractivity contribution is -0.123. The van der Waals surface area contributed by atoms with Gasteiger partial charge in [0.25, 0.3) is 0 Å². The Balaban J connectivity index is 1.22. The first-order chi connectivity index (χ1) is 13.7. The van der Waals surface area contributed by atoms with E-state index < -0.39 is 0 Å². The van der Waals surface area contributed by atoms with Crippen LogP contribution in [-0.4, -0.2) is 69.9 Å². The first-order valence-corrected chi connectivity index (χ1v) is 10.1. The van der Waals surface area contributed by atoms with Crippen molar-refractivity contribution in [3.8, 4) is 11.4 Å². The Morgan fingerprint density at radius 3 is 2.71 bits per heavy atom. The minimum absolute atomic E-state index is 0.0597. The molecule has 2 aromatic rings. The second-order valence-electron chi connectivity index (χ2n) is 7.88. The van der Waals surface area contributed by atoms with E-state index >= 15 is 0 Å². The minimum atomic E-state index is -0.0597. The zero-order chi connectivity index (χ0) is 19.3. The molecule has 2 aliphatic rings. The van der Waals surface area contributed by atoms with Crippen LogP contribution in [0.25, 0.3) is 11.4 Å². The highest BCUT2D eigenvalue weighted by Crippen LogP contribution is 2.18. The van der Waals surface area contributed by atoms with Gasteiger partial charge in [0.05, 0.1) is 6.61 Å². The van der Waals surface area contributed by atoms with Gasteiger partial charge in [-0.05, 0) is 37.3 Å². The van der Waals surface area contributed by atoms with E-state index in [1.807, 2.05) is 31.2 Å². The zero-order valence-electron chi connectivity index (χ0n) is 16.4. The monoisotopic (exact) mass is 384 g/mol. The summed E-state index contributed by atoms with van der Waals surface area (Å²) < 4.78 is 5.46. The molecule has 1 unspecified atom stereocenters. The number of hydrogen-bond donors (Lipinski definition) is 1. The Morgan fingerprint density at radius 2 is 2.00 bits per heavy atom. The molecule has 0 radical (unpaired) electrons. The van der Waals surface area contributed by atoms with E-state index in [9.17, 15) is 4.79 Å². The number of tetrazole rings is 1. The lowest BCUT2D eigenvalue weighted by atomic mass is 10.0. The average Bonchev–Trinajstić information content (AvgIpc) is 3.36. The fourth-order valence-corrected chi connectivity index (χ4v) is 3.88. The van der Waals surface area contributed by atoms with E-state index in [0.717, 1.165) is 51.3 Å². The van der Waals surface area contributed by atoms with Gasteiger partial charge >= 0.3 is 0 Å². The fraction of sp³-hybridized carbons (Fsp3) is 0.600. The molecule has 1 N–H and O–H groups in total. The topological polar surface area (TPSA) is 85.2 Å². The number of hydrogen-bond acceptors (Lipinski definition) is 6. The molecule has 8 nitrogen and oxygen atoms in total. The maximum Gasteiger partial charge on any atom is 0.243 e. The van der Waals surface area contributed by atoms with Crippen LogP contribution in [0.15, 0.2) is 24.3 Å². The Labute approximate surface area is 165 Å². The summed E-state index contributed by atoms with van der Waals surface area (Å²) >= 11 is 0. The minimum Gasteiger partial charge on any atom is -0.381 e. The summed E-state index contributed by atoms with van der Waals surface area (Å²) in [6, 6.07) is 8.16. The van der Waals surface area contributed by atoms with Crippen LogP contribution in [-0.2, 0) is 16.1 Å². The van der Waals surface area contributed by atoms with Crippen molar-refractivity contribution in [2.75, 3.05) is 32.8 Å². The Morgan fingerprint density at radius 1 is 1.21 bits per heavy atom. The van der Waals surface area contributed by atoms with Crippen molar-refractivity contribution < 1.29 is 9.53 Å². The second kappa shape index (κ2) is 8.79. The summed E-state index contributed by atoms with van der Waals surface area (Å²) in [4.78, 5) is 16.2. The van der Waals surface area contributed by atoms with Crippen LogP contribution in [0.2, 0.25) is 0 Å². The Bertz CT molecular complexity index is 776. The normalized spacial score (nSPS) is 21.1. The van der Waals surface area contributed by atoms with Gasteiger partial charge < -0.3 is 15.0 Å². The maximum absolute atomic E-state index is 12.4. The molecule has 3 heterocycles. The van der Waals surface area contributed by atoms with Gasteiger partial charge in [0.1, 0.15) is 6.54 Å². The molecule has 1 aromatic carbocycles. The lowest BCUT2D eigenvalue weighted by Gasteiger charge is -2.33. The number of nitrogens with one attached hydrogen (secondary N) is 1. The number of aromatic nitrogens is 4. The van der Waals surface area contributed by atoms with Gasteiger partial charge in [0.15, 0.2) is 0 Å². The van der Waals surface area contributed by atoms with Gasteiger partial charge in [-0.2, -0.15) is 4.80 Å². The van der Waals surface area contributed by atoms with E-state index in [0.29, 0.717) is 11.7 Å². The molecule has 28 heavy (non-hydrogen) atoms. The molecular weight excluding hydrogens is 356 g/mol. The van der Waals surface area contributed by atoms with Crippen molar-refractivity contribution in [3.05, 3.63) is 29.8 Å². The number of rotatable bonds is 6.